The third kappa shape index (κ3) is 4.16. The van der Waals surface area contributed by atoms with Crippen LogP contribution in [0.2, 0.25) is 0 Å². The number of hydrogen-bond donors (Lipinski definition) is 2. The Morgan fingerprint density at radius 1 is 1.19 bits per heavy atom. The van der Waals surface area contributed by atoms with Gasteiger partial charge >= 0.3 is 6.03 Å². The Kier molecular flexibility index (Phi) is 5.27. The van der Waals surface area contributed by atoms with Crippen LogP contribution in [0, 0.1) is 19.7 Å². The fourth-order valence-corrected chi connectivity index (χ4v) is 3.39. The number of imide groups is 1. The Labute approximate surface area is 163 Å². The summed E-state index contributed by atoms with van der Waals surface area (Å²) in [6.07, 6.45) is 0. The summed E-state index contributed by atoms with van der Waals surface area (Å²) < 4.78 is 14.6. The molecule has 0 radical (unpaired) electrons. The van der Waals surface area contributed by atoms with Crippen molar-refractivity contribution < 1.29 is 18.8 Å². The molecule has 1 saturated heterocycles. The molecule has 1 heterocycles. The maximum atomic E-state index is 14.1. The summed E-state index contributed by atoms with van der Waals surface area (Å²) in [5, 5.41) is 5.09. The number of carbonyl (C=O) groups is 3. The van der Waals surface area contributed by atoms with Gasteiger partial charge in [-0.15, -0.1) is 0 Å². The second kappa shape index (κ2) is 7.48. The fourth-order valence-electron chi connectivity index (χ4n) is 3.01. The van der Waals surface area contributed by atoms with Crippen LogP contribution < -0.4 is 10.6 Å². The van der Waals surface area contributed by atoms with Gasteiger partial charge in [0.1, 0.15) is 18.4 Å². The molecule has 27 heavy (non-hydrogen) atoms. The normalized spacial score (nSPS) is 16.4. The van der Waals surface area contributed by atoms with Gasteiger partial charge in [0, 0.05) is 15.7 Å². The van der Waals surface area contributed by atoms with Gasteiger partial charge in [-0.25, -0.2) is 9.18 Å². The minimum atomic E-state index is -1.16. The van der Waals surface area contributed by atoms with Gasteiger partial charge in [0.15, 0.2) is 0 Å². The summed E-state index contributed by atoms with van der Waals surface area (Å²) in [5.74, 6) is -1.80. The zero-order valence-electron chi connectivity index (χ0n) is 14.7. The molecule has 0 saturated carbocycles. The fraction of sp³-hybridized carbons (Fsp3) is 0.211. The highest BCUT2D eigenvalue weighted by Crippen LogP contribution is 2.27. The van der Waals surface area contributed by atoms with E-state index in [2.05, 4.69) is 26.6 Å². The Hall–Kier alpha value is -2.74. The molecule has 3 rings (SSSR count). The molecule has 1 aliphatic rings. The number of carbonyl (C=O) groups excluding carboxylic acids is 3. The van der Waals surface area contributed by atoms with Gasteiger partial charge in [-0.3, -0.25) is 14.5 Å². The Bertz CT molecular complexity index is 928. The van der Waals surface area contributed by atoms with E-state index in [4.69, 9.17) is 0 Å². The highest BCUT2D eigenvalue weighted by atomic mass is 79.9. The number of amides is 4. The lowest BCUT2D eigenvalue weighted by Crippen LogP contribution is -2.38. The molecule has 1 unspecified atom stereocenters. The third-order valence-electron chi connectivity index (χ3n) is 4.10. The smallest absolute Gasteiger partial charge is 0.325 e. The van der Waals surface area contributed by atoms with Crippen molar-refractivity contribution in [1.29, 1.82) is 0 Å². The van der Waals surface area contributed by atoms with Crippen LogP contribution in [0.3, 0.4) is 0 Å². The predicted octanol–water partition coefficient (Wildman–Crippen LogP) is 3.44. The van der Waals surface area contributed by atoms with Crippen LogP contribution in [-0.4, -0.2) is 29.3 Å². The van der Waals surface area contributed by atoms with E-state index in [1.165, 1.54) is 18.2 Å². The summed E-state index contributed by atoms with van der Waals surface area (Å²) in [6, 6.07) is 7.77. The topological polar surface area (TPSA) is 78.5 Å². The molecule has 140 valence electrons. The first kappa shape index (κ1) is 19.0. The molecule has 2 aromatic rings. The molecule has 1 fully saturated rings. The highest BCUT2D eigenvalue weighted by Gasteiger charge is 2.41. The van der Waals surface area contributed by atoms with Crippen LogP contribution in [0.5, 0.6) is 0 Å². The molecule has 6 nitrogen and oxygen atoms in total. The predicted molar refractivity (Wildman–Crippen MR) is 102 cm³/mol. The van der Waals surface area contributed by atoms with Crippen molar-refractivity contribution in [2.45, 2.75) is 19.9 Å². The first-order valence-electron chi connectivity index (χ1n) is 8.19. The summed E-state index contributed by atoms with van der Waals surface area (Å²) >= 11 is 3.21. The first-order chi connectivity index (χ1) is 12.7. The Morgan fingerprint density at radius 2 is 1.85 bits per heavy atom. The summed E-state index contributed by atoms with van der Waals surface area (Å²) in [5.41, 5.74) is 2.58. The number of halogens is 2. The summed E-state index contributed by atoms with van der Waals surface area (Å²) in [7, 11) is 0. The number of aryl methyl sites for hydroxylation is 2. The largest absolute Gasteiger partial charge is 0.325 e. The van der Waals surface area contributed by atoms with E-state index in [0.717, 1.165) is 16.0 Å². The lowest BCUT2D eigenvalue weighted by molar-refractivity contribution is -0.130. The van der Waals surface area contributed by atoms with Crippen LogP contribution in [0.1, 0.15) is 22.7 Å². The lowest BCUT2D eigenvalue weighted by Gasteiger charge is -2.14. The molecule has 2 N–H and O–H groups in total. The van der Waals surface area contributed by atoms with Crippen molar-refractivity contribution in [3.63, 3.8) is 0 Å². The monoisotopic (exact) mass is 433 g/mol. The second-order valence-corrected chi connectivity index (χ2v) is 7.31. The van der Waals surface area contributed by atoms with Crippen molar-refractivity contribution >= 4 is 39.5 Å². The van der Waals surface area contributed by atoms with Crippen molar-refractivity contribution in [1.82, 2.24) is 10.2 Å². The number of nitrogens with one attached hydrogen (secondary N) is 2. The van der Waals surface area contributed by atoms with Crippen LogP contribution in [0.15, 0.2) is 40.9 Å². The third-order valence-corrected chi connectivity index (χ3v) is 4.60. The molecule has 4 amide bonds. The van der Waals surface area contributed by atoms with Gasteiger partial charge in [-0.05, 0) is 55.3 Å². The molecular weight excluding hydrogens is 417 g/mol. The molecule has 2 aromatic carbocycles. The van der Waals surface area contributed by atoms with E-state index in [-0.39, 0.29) is 5.56 Å². The molecule has 1 atom stereocenters. The molecule has 0 aromatic heterocycles. The minimum Gasteiger partial charge on any atom is -0.325 e. The van der Waals surface area contributed by atoms with Crippen LogP contribution in [0.25, 0.3) is 0 Å². The minimum absolute atomic E-state index is 0.0416. The van der Waals surface area contributed by atoms with E-state index < -0.39 is 36.2 Å². The second-order valence-electron chi connectivity index (χ2n) is 6.40. The lowest BCUT2D eigenvalue weighted by atomic mass is 10.1. The zero-order chi connectivity index (χ0) is 19.7. The molecular formula is C19H17BrFN3O3. The van der Waals surface area contributed by atoms with Gasteiger partial charge in [-0.1, -0.05) is 22.0 Å². The standard InChI is InChI=1S/C19H17BrFN3O3/c1-10-5-11(2)7-13(6-10)22-16(25)9-24-18(26)17(23-19(24)27)14-8-12(20)3-4-15(14)21/h3-8,17H,9H2,1-2H3,(H,22,25)(H,23,27). The Balaban J connectivity index is 1.73. The van der Waals surface area contributed by atoms with Crippen molar-refractivity contribution in [2.75, 3.05) is 11.9 Å². The van der Waals surface area contributed by atoms with Gasteiger partial charge in [-0.2, -0.15) is 0 Å². The number of nitrogens with zero attached hydrogens (tertiary/aromatic N) is 1. The molecule has 8 heteroatoms. The molecule has 0 spiro atoms. The van der Waals surface area contributed by atoms with Gasteiger partial charge in [0.05, 0.1) is 0 Å². The van der Waals surface area contributed by atoms with Crippen molar-refractivity contribution in [3.8, 4) is 0 Å². The molecule has 0 aliphatic carbocycles. The number of urea groups is 1. The number of benzene rings is 2. The van der Waals surface area contributed by atoms with E-state index in [9.17, 15) is 18.8 Å². The quantitative estimate of drug-likeness (QED) is 0.724. The van der Waals surface area contributed by atoms with Gasteiger partial charge in [0.25, 0.3) is 5.91 Å². The van der Waals surface area contributed by atoms with Crippen LogP contribution in [0.4, 0.5) is 14.9 Å². The van der Waals surface area contributed by atoms with Crippen LogP contribution in [-0.2, 0) is 9.59 Å². The maximum Gasteiger partial charge on any atom is 0.325 e. The number of hydrogen-bond acceptors (Lipinski definition) is 3. The number of rotatable bonds is 4. The highest BCUT2D eigenvalue weighted by molar-refractivity contribution is 9.10. The number of anilines is 1. The molecule has 0 bridgehead atoms. The zero-order valence-corrected chi connectivity index (χ0v) is 16.3. The van der Waals surface area contributed by atoms with E-state index >= 15 is 0 Å². The van der Waals surface area contributed by atoms with Crippen molar-refractivity contribution in [2.24, 2.45) is 0 Å². The SMILES string of the molecule is Cc1cc(C)cc(NC(=O)CN2C(=O)NC(c3cc(Br)ccc3F)C2=O)c1. The average Bonchev–Trinajstić information content (AvgIpc) is 2.84. The van der Waals surface area contributed by atoms with Crippen LogP contribution >= 0.6 is 15.9 Å². The summed E-state index contributed by atoms with van der Waals surface area (Å²) in [6.45, 7) is 3.35. The summed E-state index contributed by atoms with van der Waals surface area (Å²) in [4.78, 5) is 37.8. The Morgan fingerprint density at radius 3 is 2.52 bits per heavy atom. The van der Waals surface area contributed by atoms with Crippen molar-refractivity contribution in [3.05, 3.63) is 63.4 Å². The average molecular weight is 434 g/mol. The first-order valence-corrected chi connectivity index (χ1v) is 8.99. The maximum absolute atomic E-state index is 14.1. The van der Waals surface area contributed by atoms with E-state index in [1.54, 1.807) is 12.1 Å². The van der Waals surface area contributed by atoms with E-state index in [0.29, 0.717) is 10.2 Å². The molecule has 1 aliphatic heterocycles. The van der Waals surface area contributed by atoms with E-state index in [1.807, 2.05) is 19.9 Å². The van der Waals surface area contributed by atoms with Gasteiger partial charge in [0.2, 0.25) is 5.91 Å². The van der Waals surface area contributed by atoms with Gasteiger partial charge < -0.3 is 10.6 Å².